The fourth-order valence-electron chi connectivity index (χ4n) is 1.16. The SMILES string of the molecule is COC(=O)CCNS(=O)(=O)c1ccc(F)c(N)c1. The molecule has 0 spiro atoms. The number of carbonyl (C=O) groups is 1. The molecule has 1 aromatic rings. The van der Waals surface area contributed by atoms with E-state index in [0.29, 0.717) is 0 Å². The van der Waals surface area contributed by atoms with Crippen LogP contribution >= 0.6 is 0 Å². The van der Waals surface area contributed by atoms with Crippen LogP contribution in [0.25, 0.3) is 0 Å². The van der Waals surface area contributed by atoms with Crippen molar-refractivity contribution in [1.29, 1.82) is 0 Å². The number of hydrogen-bond acceptors (Lipinski definition) is 5. The number of hydrogen-bond donors (Lipinski definition) is 2. The second-order valence-corrected chi connectivity index (χ2v) is 5.17. The van der Waals surface area contributed by atoms with Gasteiger partial charge in [0.05, 0.1) is 24.1 Å². The molecule has 3 N–H and O–H groups in total. The van der Waals surface area contributed by atoms with Crippen LogP contribution in [0.1, 0.15) is 6.42 Å². The van der Waals surface area contributed by atoms with Gasteiger partial charge in [0.2, 0.25) is 10.0 Å². The number of nitrogens with one attached hydrogen (secondary N) is 1. The third kappa shape index (κ3) is 3.67. The summed E-state index contributed by atoms with van der Waals surface area (Å²) in [6.45, 7) is -0.105. The van der Waals surface area contributed by atoms with Crippen molar-refractivity contribution in [3.8, 4) is 0 Å². The summed E-state index contributed by atoms with van der Waals surface area (Å²) < 4.78 is 42.9. The molecule has 100 valence electrons. The van der Waals surface area contributed by atoms with E-state index in [4.69, 9.17) is 5.73 Å². The first-order valence-electron chi connectivity index (χ1n) is 4.98. The molecular formula is C10H13FN2O4S. The largest absolute Gasteiger partial charge is 0.469 e. The van der Waals surface area contributed by atoms with Crippen LogP contribution in [0, 0.1) is 5.82 Å². The second kappa shape index (κ2) is 5.78. The minimum absolute atomic E-state index is 0.0909. The lowest BCUT2D eigenvalue weighted by atomic mass is 10.3. The zero-order valence-electron chi connectivity index (χ0n) is 9.64. The van der Waals surface area contributed by atoms with Gasteiger partial charge in [0.25, 0.3) is 0 Å². The molecule has 0 bridgehead atoms. The maximum Gasteiger partial charge on any atom is 0.306 e. The topological polar surface area (TPSA) is 98.5 Å². The number of carbonyl (C=O) groups excluding carboxylic acids is 1. The lowest BCUT2D eigenvalue weighted by Gasteiger charge is -2.07. The van der Waals surface area contributed by atoms with E-state index in [9.17, 15) is 17.6 Å². The van der Waals surface area contributed by atoms with Crippen LogP contribution in [0.15, 0.2) is 23.1 Å². The number of esters is 1. The molecule has 0 atom stereocenters. The third-order valence-electron chi connectivity index (χ3n) is 2.13. The van der Waals surface area contributed by atoms with E-state index in [-0.39, 0.29) is 23.5 Å². The van der Waals surface area contributed by atoms with Gasteiger partial charge in [-0.3, -0.25) is 4.79 Å². The summed E-state index contributed by atoms with van der Waals surface area (Å²) in [7, 11) is -2.60. The number of methoxy groups -OCH3 is 1. The first-order valence-corrected chi connectivity index (χ1v) is 6.46. The van der Waals surface area contributed by atoms with Crippen LogP contribution in [-0.4, -0.2) is 28.0 Å². The molecule has 0 aliphatic rings. The average Bonchev–Trinajstić information content (AvgIpc) is 2.32. The van der Waals surface area contributed by atoms with Crippen molar-refractivity contribution in [1.82, 2.24) is 4.72 Å². The van der Waals surface area contributed by atoms with Gasteiger partial charge in [-0.2, -0.15) is 0 Å². The monoisotopic (exact) mass is 276 g/mol. The van der Waals surface area contributed by atoms with Gasteiger partial charge in [-0.05, 0) is 18.2 Å². The molecule has 1 aromatic carbocycles. The van der Waals surface area contributed by atoms with E-state index in [2.05, 4.69) is 9.46 Å². The van der Waals surface area contributed by atoms with E-state index < -0.39 is 21.8 Å². The Bertz CT molecular complexity index is 545. The van der Waals surface area contributed by atoms with Crippen LogP contribution in [-0.2, 0) is 19.6 Å². The molecule has 0 saturated heterocycles. The van der Waals surface area contributed by atoms with Crippen molar-refractivity contribution >= 4 is 21.7 Å². The quantitative estimate of drug-likeness (QED) is 0.593. The highest BCUT2D eigenvalue weighted by Gasteiger charge is 2.15. The third-order valence-corrected chi connectivity index (χ3v) is 3.59. The Morgan fingerprint density at radius 1 is 1.50 bits per heavy atom. The summed E-state index contributed by atoms with van der Waals surface area (Å²) in [5, 5.41) is 0. The van der Waals surface area contributed by atoms with E-state index in [1.165, 1.54) is 7.11 Å². The minimum atomic E-state index is -3.81. The Balaban J connectivity index is 2.74. The second-order valence-electron chi connectivity index (χ2n) is 3.41. The van der Waals surface area contributed by atoms with Gasteiger partial charge in [0.1, 0.15) is 5.82 Å². The first-order chi connectivity index (χ1) is 8.36. The van der Waals surface area contributed by atoms with E-state index in [1.54, 1.807) is 0 Å². The molecule has 1 rings (SSSR count). The number of anilines is 1. The van der Waals surface area contributed by atoms with E-state index in [0.717, 1.165) is 18.2 Å². The van der Waals surface area contributed by atoms with Crippen LogP contribution < -0.4 is 10.5 Å². The number of sulfonamides is 1. The molecule has 0 aromatic heterocycles. The van der Waals surface area contributed by atoms with Gasteiger partial charge in [-0.1, -0.05) is 0 Å². The number of rotatable bonds is 5. The molecule has 0 amide bonds. The highest BCUT2D eigenvalue weighted by atomic mass is 32.2. The first kappa shape index (κ1) is 14.4. The summed E-state index contributed by atoms with van der Waals surface area (Å²) in [5.74, 6) is -1.22. The maximum absolute atomic E-state index is 12.9. The van der Waals surface area contributed by atoms with Crippen molar-refractivity contribution in [3.05, 3.63) is 24.0 Å². The highest BCUT2D eigenvalue weighted by molar-refractivity contribution is 7.89. The summed E-state index contributed by atoms with van der Waals surface area (Å²) in [6, 6.07) is 3.06. The Hall–Kier alpha value is -1.67. The molecule has 8 heteroatoms. The average molecular weight is 276 g/mol. The summed E-state index contributed by atoms with van der Waals surface area (Å²) >= 11 is 0. The zero-order chi connectivity index (χ0) is 13.8. The molecule has 6 nitrogen and oxygen atoms in total. The Labute approximate surface area is 104 Å². The van der Waals surface area contributed by atoms with Crippen molar-refractivity contribution in [3.63, 3.8) is 0 Å². The molecular weight excluding hydrogens is 263 g/mol. The minimum Gasteiger partial charge on any atom is -0.469 e. The Morgan fingerprint density at radius 2 is 2.17 bits per heavy atom. The Kier molecular flexibility index (Phi) is 4.62. The number of benzene rings is 1. The van der Waals surface area contributed by atoms with Gasteiger partial charge in [-0.15, -0.1) is 0 Å². The fourth-order valence-corrected chi connectivity index (χ4v) is 2.23. The number of nitrogens with two attached hydrogens (primary N) is 1. The van der Waals surface area contributed by atoms with Gasteiger partial charge in [-0.25, -0.2) is 17.5 Å². The molecule has 0 unspecified atom stereocenters. The lowest BCUT2D eigenvalue weighted by Crippen LogP contribution is -2.26. The predicted octanol–water partition coefficient (Wildman–Crippen LogP) is 0.249. The highest BCUT2D eigenvalue weighted by Crippen LogP contribution is 2.16. The van der Waals surface area contributed by atoms with Crippen LogP contribution in [0.4, 0.5) is 10.1 Å². The summed E-state index contributed by atoms with van der Waals surface area (Å²) in [4.78, 5) is 10.6. The normalized spacial score (nSPS) is 11.2. The van der Waals surface area contributed by atoms with Crippen molar-refractivity contribution < 1.29 is 22.3 Å². The lowest BCUT2D eigenvalue weighted by molar-refractivity contribution is -0.140. The van der Waals surface area contributed by atoms with E-state index >= 15 is 0 Å². The standard InChI is InChI=1S/C10H13FN2O4S/c1-17-10(14)4-5-13-18(15,16)7-2-3-8(11)9(12)6-7/h2-3,6,13H,4-5,12H2,1H3. The molecule has 0 heterocycles. The van der Waals surface area contributed by atoms with E-state index in [1.807, 2.05) is 0 Å². The summed E-state index contributed by atoms with van der Waals surface area (Å²) in [5.41, 5.74) is 5.02. The van der Waals surface area contributed by atoms with Gasteiger partial charge in [0, 0.05) is 6.54 Å². The molecule has 0 aliphatic carbocycles. The molecule has 0 fully saturated rings. The van der Waals surface area contributed by atoms with Crippen LogP contribution in [0.5, 0.6) is 0 Å². The van der Waals surface area contributed by atoms with Crippen molar-refractivity contribution in [2.75, 3.05) is 19.4 Å². The number of halogens is 1. The van der Waals surface area contributed by atoms with Gasteiger partial charge in [0.15, 0.2) is 0 Å². The summed E-state index contributed by atoms with van der Waals surface area (Å²) in [6.07, 6.45) is -0.0909. The maximum atomic E-state index is 12.9. The number of ether oxygens (including phenoxy) is 1. The molecule has 0 saturated carbocycles. The molecule has 0 aliphatic heterocycles. The Morgan fingerprint density at radius 3 is 2.72 bits per heavy atom. The molecule has 0 radical (unpaired) electrons. The van der Waals surface area contributed by atoms with Crippen molar-refractivity contribution in [2.45, 2.75) is 11.3 Å². The van der Waals surface area contributed by atoms with Crippen LogP contribution in [0.2, 0.25) is 0 Å². The smallest absolute Gasteiger partial charge is 0.306 e. The number of nitrogen functional groups attached to an aromatic ring is 1. The zero-order valence-corrected chi connectivity index (χ0v) is 10.5. The fraction of sp³-hybridized carbons (Fsp3) is 0.300. The van der Waals surface area contributed by atoms with Gasteiger partial charge >= 0.3 is 5.97 Å². The van der Waals surface area contributed by atoms with Crippen molar-refractivity contribution in [2.24, 2.45) is 0 Å². The predicted molar refractivity (Wildman–Crippen MR) is 62.6 cm³/mol. The van der Waals surface area contributed by atoms with Crippen LogP contribution in [0.3, 0.4) is 0 Å². The van der Waals surface area contributed by atoms with Gasteiger partial charge < -0.3 is 10.5 Å². The molecule has 18 heavy (non-hydrogen) atoms.